The van der Waals surface area contributed by atoms with Crippen molar-refractivity contribution in [2.24, 2.45) is 0 Å². The van der Waals surface area contributed by atoms with Crippen LogP contribution < -0.4 is 5.32 Å². The summed E-state index contributed by atoms with van der Waals surface area (Å²) in [7, 11) is 0. The maximum absolute atomic E-state index is 15.8. The van der Waals surface area contributed by atoms with Crippen molar-refractivity contribution in [3.8, 4) is 0 Å². The average Bonchev–Trinajstić information content (AvgIpc) is 3.48. The summed E-state index contributed by atoms with van der Waals surface area (Å²) >= 11 is 0. The Bertz CT molecular complexity index is 1260. The number of nitrogens with one attached hydrogen (secondary N) is 2. The van der Waals surface area contributed by atoms with Crippen LogP contribution in [0, 0.1) is 11.6 Å². The van der Waals surface area contributed by atoms with Crippen LogP contribution in [0.1, 0.15) is 42.6 Å². The Morgan fingerprint density at radius 3 is 2.61 bits per heavy atom. The molecular weight excluding hydrogens is 503 g/mol. The number of aliphatic hydroxyl groups excluding tert-OH is 1. The van der Waals surface area contributed by atoms with Gasteiger partial charge in [0.15, 0.2) is 0 Å². The van der Waals surface area contributed by atoms with Gasteiger partial charge in [0.2, 0.25) is 0 Å². The van der Waals surface area contributed by atoms with Gasteiger partial charge in [0.05, 0.1) is 19.3 Å². The average molecular weight is 537 g/mol. The van der Waals surface area contributed by atoms with Gasteiger partial charge in [0.1, 0.15) is 18.2 Å². The molecule has 0 bridgehead atoms. The Labute approximate surface area is 218 Å². The summed E-state index contributed by atoms with van der Waals surface area (Å²) in [5.74, 6) is -5.11. The number of aromatic nitrogens is 1. The molecule has 5 rings (SSSR count). The highest BCUT2D eigenvalue weighted by Gasteiger charge is 2.43. The lowest BCUT2D eigenvalue weighted by molar-refractivity contribution is -0.0869. The fraction of sp³-hybridized carbons (Fsp3) is 0.500. The number of halogens is 5. The number of anilines is 1. The van der Waals surface area contributed by atoms with E-state index in [-0.39, 0.29) is 24.0 Å². The number of H-pyrrole nitrogens is 1. The molecule has 0 radical (unpaired) electrons. The third-order valence-electron chi connectivity index (χ3n) is 7.77. The number of para-hydroxylation sites is 1. The van der Waals surface area contributed by atoms with E-state index in [4.69, 9.17) is 0 Å². The molecule has 1 fully saturated rings. The number of aromatic amines is 1. The zero-order valence-electron chi connectivity index (χ0n) is 21.3. The van der Waals surface area contributed by atoms with E-state index in [9.17, 15) is 18.3 Å². The molecule has 3 atom stereocenters. The second kappa shape index (κ2) is 10.8. The predicted molar refractivity (Wildman–Crippen MR) is 137 cm³/mol. The van der Waals surface area contributed by atoms with E-state index in [0.29, 0.717) is 31.6 Å². The van der Waals surface area contributed by atoms with Gasteiger partial charge in [-0.1, -0.05) is 18.2 Å². The van der Waals surface area contributed by atoms with Crippen molar-refractivity contribution in [2.45, 2.75) is 50.2 Å². The van der Waals surface area contributed by atoms with Crippen molar-refractivity contribution < 1.29 is 27.1 Å². The van der Waals surface area contributed by atoms with E-state index < -0.39 is 42.8 Å². The van der Waals surface area contributed by atoms with Gasteiger partial charge < -0.3 is 20.3 Å². The quantitative estimate of drug-likeness (QED) is 0.327. The maximum Gasteiger partial charge on any atom is 0.283 e. The van der Waals surface area contributed by atoms with Crippen LogP contribution >= 0.6 is 0 Å². The summed E-state index contributed by atoms with van der Waals surface area (Å²) in [6.45, 7) is 1.22. The number of hydrogen-bond acceptors (Lipinski definition) is 4. The molecule has 0 spiro atoms. The lowest BCUT2D eigenvalue weighted by Gasteiger charge is -2.42. The molecule has 1 aromatic heterocycles. The molecule has 3 N–H and O–H groups in total. The molecule has 2 aliphatic rings. The van der Waals surface area contributed by atoms with Crippen LogP contribution in [0.3, 0.4) is 0 Å². The van der Waals surface area contributed by atoms with Crippen LogP contribution in [0.25, 0.3) is 10.9 Å². The van der Waals surface area contributed by atoms with E-state index in [1.807, 2.05) is 24.3 Å². The number of nitrogens with zero attached hydrogens (tertiary/aromatic N) is 2. The molecule has 5 nitrogen and oxygen atoms in total. The number of rotatable bonds is 9. The van der Waals surface area contributed by atoms with Crippen LogP contribution in [-0.2, 0) is 6.42 Å². The SMILES string of the molecule is C[C@@H]1Cc2c([nH]c3ccccc23)[C@H](c2c(F)cc(NC3CCN(CCCF)C3)cc2F)N1CC(F)(F)CO. The maximum atomic E-state index is 15.8. The normalized spacial score (nSPS) is 22.8. The Morgan fingerprint density at radius 1 is 1.16 bits per heavy atom. The summed E-state index contributed by atoms with van der Waals surface area (Å²) in [5.41, 5.74) is 2.06. The summed E-state index contributed by atoms with van der Waals surface area (Å²) in [6, 6.07) is 8.26. The molecule has 38 heavy (non-hydrogen) atoms. The van der Waals surface area contributed by atoms with Gasteiger partial charge in [-0.05, 0) is 49.9 Å². The number of hydrogen-bond donors (Lipinski definition) is 3. The Kier molecular flexibility index (Phi) is 7.66. The Morgan fingerprint density at radius 2 is 1.89 bits per heavy atom. The molecule has 1 saturated heterocycles. The Hall–Kier alpha value is -2.69. The highest BCUT2D eigenvalue weighted by molar-refractivity contribution is 5.85. The zero-order valence-corrected chi connectivity index (χ0v) is 21.3. The van der Waals surface area contributed by atoms with E-state index >= 15 is 8.78 Å². The van der Waals surface area contributed by atoms with Gasteiger partial charge in [0, 0.05) is 59.6 Å². The van der Waals surface area contributed by atoms with E-state index in [1.54, 1.807) is 6.92 Å². The lowest BCUT2D eigenvalue weighted by Crippen LogP contribution is -2.49. The number of alkyl halides is 3. The smallest absolute Gasteiger partial charge is 0.283 e. The monoisotopic (exact) mass is 536 g/mol. The molecule has 0 saturated carbocycles. The van der Waals surface area contributed by atoms with Gasteiger partial charge >= 0.3 is 0 Å². The van der Waals surface area contributed by atoms with E-state index in [2.05, 4.69) is 15.2 Å². The van der Waals surface area contributed by atoms with Crippen LogP contribution in [0.4, 0.5) is 27.6 Å². The van der Waals surface area contributed by atoms with Crippen molar-refractivity contribution >= 4 is 16.6 Å². The zero-order chi connectivity index (χ0) is 27.0. The van der Waals surface area contributed by atoms with Crippen molar-refractivity contribution in [2.75, 3.05) is 44.8 Å². The first kappa shape index (κ1) is 26.9. The van der Waals surface area contributed by atoms with Gasteiger partial charge in [-0.2, -0.15) is 0 Å². The number of benzene rings is 2. The topological polar surface area (TPSA) is 54.5 Å². The van der Waals surface area contributed by atoms with Crippen LogP contribution in [0.15, 0.2) is 36.4 Å². The fourth-order valence-corrected chi connectivity index (χ4v) is 5.98. The minimum Gasteiger partial charge on any atom is -0.390 e. The Balaban J connectivity index is 1.51. The molecule has 10 heteroatoms. The van der Waals surface area contributed by atoms with Gasteiger partial charge in [-0.25, -0.2) is 17.6 Å². The first-order valence-electron chi connectivity index (χ1n) is 13.1. The fourth-order valence-electron chi connectivity index (χ4n) is 5.98. The van der Waals surface area contributed by atoms with Crippen molar-refractivity contribution in [1.29, 1.82) is 0 Å². The van der Waals surface area contributed by atoms with Gasteiger partial charge in [-0.3, -0.25) is 9.29 Å². The first-order chi connectivity index (χ1) is 18.2. The molecule has 0 aliphatic carbocycles. The number of likely N-dealkylation sites (tertiary alicyclic amines) is 1. The summed E-state index contributed by atoms with van der Waals surface area (Å²) in [6.07, 6.45) is 1.63. The third-order valence-corrected chi connectivity index (χ3v) is 7.77. The summed E-state index contributed by atoms with van der Waals surface area (Å²) in [5, 5.41) is 13.3. The second-order valence-corrected chi connectivity index (χ2v) is 10.5. The summed E-state index contributed by atoms with van der Waals surface area (Å²) in [4.78, 5) is 6.72. The van der Waals surface area contributed by atoms with Crippen LogP contribution in [0.5, 0.6) is 0 Å². The third kappa shape index (κ3) is 5.26. The van der Waals surface area contributed by atoms with Crippen LogP contribution in [-0.4, -0.2) is 77.4 Å². The minimum atomic E-state index is -3.44. The highest BCUT2D eigenvalue weighted by atomic mass is 19.3. The van der Waals surface area contributed by atoms with E-state index in [0.717, 1.165) is 29.4 Å². The molecule has 206 valence electrons. The molecule has 3 aromatic rings. The molecule has 3 heterocycles. The van der Waals surface area contributed by atoms with E-state index in [1.165, 1.54) is 17.0 Å². The molecular formula is C28H33F5N4O. The molecule has 0 amide bonds. The lowest BCUT2D eigenvalue weighted by atomic mass is 9.87. The molecule has 2 aliphatic heterocycles. The van der Waals surface area contributed by atoms with Crippen molar-refractivity contribution in [3.05, 3.63) is 64.9 Å². The molecule has 2 aromatic carbocycles. The summed E-state index contributed by atoms with van der Waals surface area (Å²) < 4.78 is 73.0. The standard InChI is InChI=1S/C28H33F5N4O/c1-17-11-21-20-5-2-3-6-24(20)35-26(21)27(37(17)15-28(32,33)16-38)25-22(30)12-19(13-23(25)31)34-18-7-10-36(14-18)9-4-8-29/h2-3,5-6,12-13,17-18,27,34-35,38H,4,7-11,14-16H2,1H3/t17-,18?,27+/m1/s1. The minimum absolute atomic E-state index is 0.0333. The largest absolute Gasteiger partial charge is 0.390 e. The number of fused-ring (bicyclic) bond motifs is 3. The van der Waals surface area contributed by atoms with Crippen molar-refractivity contribution in [1.82, 2.24) is 14.8 Å². The number of aliphatic hydroxyl groups is 1. The first-order valence-corrected chi connectivity index (χ1v) is 13.1. The molecule has 1 unspecified atom stereocenters. The van der Waals surface area contributed by atoms with Gasteiger partial charge in [0.25, 0.3) is 5.92 Å². The predicted octanol–water partition coefficient (Wildman–Crippen LogP) is 5.26. The van der Waals surface area contributed by atoms with Crippen molar-refractivity contribution in [3.63, 3.8) is 0 Å². The van der Waals surface area contributed by atoms with Crippen LogP contribution in [0.2, 0.25) is 0 Å². The second-order valence-electron chi connectivity index (χ2n) is 10.5. The van der Waals surface area contributed by atoms with Gasteiger partial charge in [-0.15, -0.1) is 0 Å². The highest BCUT2D eigenvalue weighted by Crippen LogP contribution is 2.43.